The molecule has 5 heteroatoms. The maximum absolute atomic E-state index is 11.6. The van der Waals surface area contributed by atoms with E-state index in [0.717, 1.165) is 23.4 Å². The Labute approximate surface area is 112 Å². The van der Waals surface area contributed by atoms with Crippen LogP contribution in [0.15, 0.2) is 5.51 Å². The zero-order chi connectivity index (χ0) is 13.0. The van der Waals surface area contributed by atoms with Crippen LogP contribution in [0.4, 0.5) is 0 Å². The van der Waals surface area contributed by atoms with Crippen LogP contribution in [0.1, 0.15) is 55.1 Å². The van der Waals surface area contributed by atoms with Crippen LogP contribution in [0, 0.1) is 6.92 Å². The van der Waals surface area contributed by atoms with Gasteiger partial charge in [0.05, 0.1) is 16.1 Å². The van der Waals surface area contributed by atoms with Crippen molar-refractivity contribution < 1.29 is 4.79 Å². The van der Waals surface area contributed by atoms with E-state index in [9.17, 15) is 4.79 Å². The van der Waals surface area contributed by atoms with Crippen LogP contribution < -0.4 is 11.1 Å². The molecular formula is C13H21N3OS. The fraction of sp³-hybridized carbons (Fsp3) is 0.692. The number of rotatable bonds is 4. The van der Waals surface area contributed by atoms with E-state index in [1.807, 2.05) is 6.92 Å². The molecule has 1 heterocycles. The van der Waals surface area contributed by atoms with Crippen molar-refractivity contribution in [2.75, 3.05) is 0 Å². The number of aryl methyl sites for hydroxylation is 1. The van der Waals surface area contributed by atoms with E-state index < -0.39 is 0 Å². The van der Waals surface area contributed by atoms with Gasteiger partial charge in [-0.05, 0) is 19.8 Å². The lowest BCUT2D eigenvalue weighted by Crippen LogP contribution is -2.39. The Bertz CT molecular complexity index is 397. The zero-order valence-corrected chi connectivity index (χ0v) is 11.6. The van der Waals surface area contributed by atoms with Gasteiger partial charge >= 0.3 is 0 Å². The summed E-state index contributed by atoms with van der Waals surface area (Å²) in [5.74, 6) is -0.299. The zero-order valence-electron chi connectivity index (χ0n) is 10.8. The van der Waals surface area contributed by atoms with Crippen molar-refractivity contribution in [1.29, 1.82) is 0 Å². The van der Waals surface area contributed by atoms with Crippen LogP contribution in [-0.2, 0) is 4.79 Å². The quantitative estimate of drug-likeness (QED) is 0.822. The van der Waals surface area contributed by atoms with Crippen molar-refractivity contribution >= 4 is 17.2 Å². The first kappa shape index (κ1) is 13.5. The Morgan fingerprint density at radius 3 is 2.61 bits per heavy atom. The first-order chi connectivity index (χ1) is 8.68. The molecule has 1 aromatic heterocycles. The Morgan fingerprint density at radius 2 is 2.11 bits per heavy atom. The first-order valence-electron chi connectivity index (χ1n) is 6.64. The molecular weight excluding hydrogens is 246 g/mol. The van der Waals surface area contributed by atoms with Gasteiger partial charge < -0.3 is 5.73 Å². The fourth-order valence-electron chi connectivity index (χ4n) is 2.56. The Kier molecular flexibility index (Phi) is 4.72. The number of nitrogens with two attached hydrogens (primary N) is 1. The first-order valence-corrected chi connectivity index (χ1v) is 7.52. The molecule has 100 valence electrons. The predicted molar refractivity (Wildman–Crippen MR) is 73.4 cm³/mol. The summed E-state index contributed by atoms with van der Waals surface area (Å²) in [6.45, 7) is 1.93. The van der Waals surface area contributed by atoms with Crippen molar-refractivity contribution in [3.05, 3.63) is 16.1 Å². The van der Waals surface area contributed by atoms with Crippen molar-refractivity contribution in [2.45, 2.75) is 57.5 Å². The van der Waals surface area contributed by atoms with Gasteiger partial charge in [0, 0.05) is 6.04 Å². The summed E-state index contributed by atoms with van der Waals surface area (Å²) < 4.78 is 0. The van der Waals surface area contributed by atoms with Crippen molar-refractivity contribution in [3.8, 4) is 0 Å². The van der Waals surface area contributed by atoms with Gasteiger partial charge in [-0.2, -0.15) is 0 Å². The van der Waals surface area contributed by atoms with E-state index in [0.29, 0.717) is 6.04 Å². The predicted octanol–water partition coefficient (Wildman–Crippen LogP) is 2.29. The summed E-state index contributed by atoms with van der Waals surface area (Å²) in [6, 6.07) is 0.0344. The molecule has 0 aliphatic heterocycles. The number of hydrogen-bond donors (Lipinski definition) is 2. The second kappa shape index (κ2) is 6.29. The van der Waals surface area contributed by atoms with Gasteiger partial charge in [0.2, 0.25) is 5.91 Å². The molecule has 1 saturated carbocycles. The highest BCUT2D eigenvalue weighted by Gasteiger charge is 2.25. The summed E-state index contributed by atoms with van der Waals surface area (Å²) >= 11 is 1.51. The molecule has 1 unspecified atom stereocenters. The fourth-order valence-corrected chi connectivity index (χ4v) is 3.42. The van der Waals surface area contributed by atoms with Crippen LogP contribution in [0.5, 0.6) is 0 Å². The number of carbonyl (C=O) groups excluding carboxylic acids is 1. The van der Waals surface area contributed by atoms with E-state index in [-0.39, 0.29) is 11.9 Å². The summed E-state index contributed by atoms with van der Waals surface area (Å²) in [5, 5.41) is 3.43. The third-order valence-electron chi connectivity index (χ3n) is 3.59. The van der Waals surface area contributed by atoms with Crippen LogP contribution in [0.2, 0.25) is 0 Å². The van der Waals surface area contributed by atoms with E-state index >= 15 is 0 Å². The second-order valence-electron chi connectivity index (χ2n) is 4.99. The highest BCUT2D eigenvalue weighted by molar-refractivity contribution is 7.10. The number of nitrogens with zero attached hydrogens (tertiary/aromatic N) is 1. The van der Waals surface area contributed by atoms with E-state index in [2.05, 4.69) is 10.3 Å². The van der Waals surface area contributed by atoms with Crippen molar-refractivity contribution in [2.24, 2.45) is 5.73 Å². The largest absolute Gasteiger partial charge is 0.368 e. The molecule has 1 amide bonds. The standard InChI is InChI=1S/C13H21N3OS/c1-9-12(18-8-15-9)11(13(14)17)16-10-6-4-2-3-5-7-10/h8,10-11,16H,2-7H2,1H3,(H2,14,17). The molecule has 1 atom stereocenters. The Balaban J connectivity index is 2.06. The molecule has 2 rings (SSSR count). The van der Waals surface area contributed by atoms with Gasteiger partial charge in [0.15, 0.2) is 0 Å². The average molecular weight is 267 g/mol. The molecule has 1 aromatic rings. The smallest absolute Gasteiger partial charge is 0.240 e. The van der Waals surface area contributed by atoms with Crippen LogP contribution in [0.3, 0.4) is 0 Å². The molecule has 0 saturated heterocycles. The topological polar surface area (TPSA) is 68.0 Å². The molecule has 0 radical (unpaired) electrons. The number of primary amides is 1. The molecule has 1 aliphatic carbocycles. The number of carbonyl (C=O) groups is 1. The Hall–Kier alpha value is -0.940. The minimum Gasteiger partial charge on any atom is -0.368 e. The number of thiazole rings is 1. The van der Waals surface area contributed by atoms with Gasteiger partial charge in [0.1, 0.15) is 6.04 Å². The summed E-state index contributed by atoms with van der Waals surface area (Å²) in [7, 11) is 0. The van der Waals surface area contributed by atoms with Crippen molar-refractivity contribution in [1.82, 2.24) is 10.3 Å². The summed E-state index contributed by atoms with van der Waals surface area (Å²) in [4.78, 5) is 16.8. The van der Waals surface area contributed by atoms with E-state index in [1.54, 1.807) is 5.51 Å². The van der Waals surface area contributed by atoms with Gasteiger partial charge in [-0.1, -0.05) is 25.7 Å². The third kappa shape index (κ3) is 3.29. The maximum Gasteiger partial charge on any atom is 0.240 e. The average Bonchev–Trinajstić information content (AvgIpc) is 2.62. The molecule has 4 nitrogen and oxygen atoms in total. The second-order valence-corrected chi connectivity index (χ2v) is 5.88. The van der Waals surface area contributed by atoms with Gasteiger partial charge in [-0.3, -0.25) is 10.1 Å². The number of aromatic nitrogens is 1. The van der Waals surface area contributed by atoms with Crippen LogP contribution in [-0.4, -0.2) is 16.9 Å². The maximum atomic E-state index is 11.6. The Morgan fingerprint density at radius 1 is 1.44 bits per heavy atom. The van der Waals surface area contributed by atoms with E-state index in [1.165, 1.54) is 37.0 Å². The monoisotopic (exact) mass is 267 g/mol. The van der Waals surface area contributed by atoms with Crippen LogP contribution in [0.25, 0.3) is 0 Å². The van der Waals surface area contributed by atoms with Crippen molar-refractivity contribution in [3.63, 3.8) is 0 Å². The number of amides is 1. The highest BCUT2D eigenvalue weighted by Crippen LogP contribution is 2.25. The third-order valence-corrected chi connectivity index (χ3v) is 4.58. The lowest BCUT2D eigenvalue weighted by atomic mass is 10.1. The van der Waals surface area contributed by atoms with Gasteiger partial charge in [-0.25, -0.2) is 4.98 Å². The molecule has 3 N–H and O–H groups in total. The number of hydrogen-bond acceptors (Lipinski definition) is 4. The molecule has 0 aromatic carbocycles. The summed E-state index contributed by atoms with van der Waals surface area (Å²) in [5.41, 5.74) is 8.21. The highest BCUT2D eigenvalue weighted by atomic mass is 32.1. The molecule has 1 aliphatic rings. The SMILES string of the molecule is Cc1ncsc1C(NC1CCCCCC1)C(N)=O. The van der Waals surface area contributed by atoms with Gasteiger partial charge in [0.25, 0.3) is 0 Å². The molecule has 0 bridgehead atoms. The van der Waals surface area contributed by atoms with Gasteiger partial charge in [-0.15, -0.1) is 11.3 Å². The lowest BCUT2D eigenvalue weighted by Gasteiger charge is -2.22. The molecule has 1 fully saturated rings. The summed E-state index contributed by atoms with van der Waals surface area (Å²) in [6.07, 6.45) is 7.37. The minimum atomic E-state index is -0.374. The minimum absolute atomic E-state index is 0.299. The molecule has 0 spiro atoms. The number of nitrogens with one attached hydrogen (secondary N) is 1. The molecule has 18 heavy (non-hydrogen) atoms. The van der Waals surface area contributed by atoms with E-state index in [4.69, 9.17) is 5.73 Å². The normalized spacial score (nSPS) is 19.4. The lowest BCUT2D eigenvalue weighted by molar-refractivity contribution is -0.120. The van der Waals surface area contributed by atoms with Crippen LogP contribution >= 0.6 is 11.3 Å².